The summed E-state index contributed by atoms with van der Waals surface area (Å²) < 4.78 is 5.39. The van der Waals surface area contributed by atoms with E-state index in [-0.39, 0.29) is 5.91 Å². The second-order valence-corrected chi connectivity index (χ2v) is 4.71. The number of nitrogens with zero attached hydrogens (tertiary/aromatic N) is 1. The van der Waals surface area contributed by atoms with Gasteiger partial charge in [0.15, 0.2) is 0 Å². The fourth-order valence-electron chi connectivity index (χ4n) is 2.22. The van der Waals surface area contributed by atoms with Crippen LogP contribution in [0.1, 0.15) is 36.5 Å². The summed E-state index contributed by atoms with van der Waals surface area (Å²) in [5.74, 6) is 0.501. The Hall–Kier alpha value is -1.75. The molecule has 0 atom stereocenters. The predicted molar refractivity (Wildman–Crippen MR) is 74.9 cm³/mol. The maximum absolute atomic E-state index is 12.2. The number of carbonyl (C=O) groups excluding carboxylic acids is 1. The molecule has 5 heteroatoms. The van der Waals surface area contributed by atoms with Crippen molar-refractivity contribution < 1.29 is 9.53 Å². The summed E-state index contributed by atoms with van der Waals surface area (Å²) in [6, 6.07) is 5.11. The fourth-order valence-corrected chi connectivity index (χ4v) is 2.22. The van der Waals surface area contributed by atoms with E-state index in [0.717, 1.165) is 25.9 Å². The maximum atomic E-state index is 12.2. The van der Waals surface area contributed by atoms with E-state index in [1.807, 2.05) is 11.9 Å². The molecule has 1 amide bonds. The zero-order valence-electron chi connectivity index (χ0n) is 11.3. The maximum Gasteiger partial charge on any atom is 0.265 e. The van der Waals surface area contributed by atoms with E-state index in [9.17, 15) is 4.79 Å². The Bertz CT molecular complexity index is 442. The number of ether oxygens (including phenoxy) is 1. The molecule has 19 heavy (non-hydrogen) atoms. The van der Waals surface area contributed by atoms with Crippen molar-refractivity contribution in [2.24, 2.45) is 0 Å². The van der Waals surface area contributed by atoms with Crippen LogP contribution in [0.4, 0.5) is 5.69 Å². The van der Waals surface area contributed by atoms with Crippen molar-refractivity contribution in [1.29, 1.82) is 0 Å². The van der Waals surface area contributed by atoms with Gasteiger partial charge in [0.1, 0.15) is 5.75 Å². The van der Waals surface area contributed by atoms with Crippen molar-refractivity contribution in [1.82, 2.24) is 10.4 Å². The minimum absolute atomic E-state index is 0.129. The van der Waals surface area contributed by atoms with Gasteiger partial charge in [-0.1, -0.05) is 6.42 Å². The van der Waals surface area contributed by atoms with Crippen LogP contribution in [-0.4, -0.2) is 30.6 Å². The van der Waals surface area contributed by atoms with E-state index in [0.29, 0.717) is 23.6 Å². The molecule has 1 heterocycles. The fraction of sp³-hybridized carbons (Fsp3) is 0.500. The molecule has 0 aromatic heterocycles. The van der Waals surface area contributed by atoms with E-state index in [1.54, 1.807) is 18.2 Å². The molecule has 1 saturated heterocycles. The largest absolute Gasteiger partial charge is 0.494 e. The molecule has 0 spiro atoms. The molecule has 1 aliphatic heterocycles. The third-order valence-electron chi connectivity index (χ3n) is 3.12. The second kappa shape index (κ2) is 6.43. The van der Waals surface area contributed by atoms with Crippen molar-refractivity contribution in [3.63, 3.8) is 0 Å². The average Bonchev–Trinajstić information content (AvgIpc) is 2.39. The van der Waals surface area contributed by atoms with Crippen molar-refractivity contribution >= 4 is 11.6 Å². The molecule has 0 radical (unpaired) electrons. The first-order chi connectivity index (χ1) is 9.19. The highest BCUT2D eigenvalue weighted by Gasteiger charge is 2.15. The van der Waals surface area contributed by atoms with Gasteiger partial charge >= 0.3 is 0 Å². The van der Waals surface area contributed by atoms with Gasteiger partial charge in [-0.3, -0.25) is 10.2 Å². The smallest absolute Gasteiger partial charge is 0.265 e. The lowest BCUT2D eigenvalue weighted by atomic mass is 10.1. The number of anilines is 1. The molecule has 1 fully saturated rings. The Morgan fingerprint density at radius 3 is 2.74 bits per heavy atom. The van der Waals surface area contributed by atoms with Crippen LogP contribution >= 0.6 is 0 Å². The van der Waals surface area contributed by atoms with E-state index in [4.69, 9.17) is 10.5 Å². The van der Waals surface area contributed by atoms with Crippen LogP contribution in [0.2, 0.25) is 0 Å². The molecular weight excluding hydrogens is 242 g/mol. The van der Waals surface area contributed by atoms with Gasteiger partial charge in [0.25, 0.3) is 5.91 Å². The van der Waals surface area contributed by atoms with Crippen LogP contribution in [0.15, 0.2) is 18.2 Å². The molecule has 104 valence electrons. The van der Waals surface area contributed by atoms with E-state index in [1.165, 1.54) is 6.42 Å². The van der Waals surface area contributed by atoms with E-state index < -0.39 is 0 Å². The number of carbonyl (C=O) groups is 1. The zero-order valence-corrected chi connectivity index (χ0v) is 11.3. The van der Waals surface area contributed by atoms with Crippen LogP contribution in [0.25, 0.3) is 0 Å². The van der Waals surface area contributed by atoms with Gasteiger partial charge in [0.05, 0.1) is 6.61 Å². The van der Waals surface area contributed by atoms with Crippen LogP contribution in [0.5, 0.6) is 5.75 Å². The lowest BCUT2D eigenvalue weighted by Crippen LogP contribution is -2.45. The Morgan fingerprint density at radius 2 is 2.05 bits per heavy atom. The van der Waals surface area contributed by atoms with Crippen LogP contribution in [-0.2, 0) is 0 Å². The number of rotatable bonds is 4. The molecule has 5 nitrogen and oxygen atoms in total. The Balaban J connectivity index is 2.05. The first kappa shape index (κ1) is 13.7. The molecule has 0 aliphatic carbocycles. The molecule has 2 rings (SSSR count). The molecule has 3 N–H and O–H groups in total. The monoisotopic (exact) mass is 263 g/mol. The summed E-state index contributed by atoms with van der Waals surface area (Å²) >= 11 is 0. The summed E-state index contributed by atoms with van der Waals surface area (Å²) in [5, 5.41) is 1.97. The van der Waals surface area contributed by atoms with Gasteiger partial charge in [-0.05, 0) is 31.9 Å². The third-order valence-corrected chi connectivity index (χ3v) is 3.12. The first-order valence-electron chi connectivity index (χ1n) is 6.78. The Kier molecular flexibility index (Phi) is 4.63. The Labute approximate surface area is 113 Å². The minimum Gasteiger partial charge on any atom is -0.494 e. The summed E-state index contributed by atoms with van der Waals surface area (Å²) in [4.78, 5) is 12.2. The molecule has 0 saturated carbocycles. The SMILES string of the molecule is CCOc1cc(N)cc(C(=O)NN2CCCCC2)c1. The number of hydrogen-bond donors (Lipinski definition) is 2. The van der Waals surface area contributed by atoms with Crippen molar-refractivity contribution in [2.75, 3.05) is 25.4 Å². The van der Waals surface area contributed by atoms with Gasteiger partial charge in [-0.2, -0.15) is 0 Å². The first-order valence-corrected chi connectivity index (χ1v) is 6.78. The summed E-state index contributed by atoms with van der Waals surface area (Å²) in [7, 11) is 0. The summed E-state index contributed by atoms with van der Waals surface area (Å²) in [5.41, 5.74) is 9.77. The number of benzene rings is 1. The highest BCUT2D eigenvalue weighted by Crippen LogP contribution is 2.19. The normalized spacial score (nSPS) is 16.1. The topological polar surface area (TPSA) is 67.6 Å². The molecule has 0 bridgehead atoms. The third kappa shape index (κ3) is 3.86. The second-order valence-electron chi connectivity index (χ2n) is 4.71. The minimum atomic E-state index is -0.129. The zero-order chi connectivity index (χ0) is 13.7. The van der Waals surface area contributed by atoms with Crippen LogP contribution in [0, 0.1) is 0 Å². The average molecular weight is 263 g/mol. The van der Waals surface area contributed by atoms with Gasteiger partial charge in [0, 0.05) is 30.4 Å². The van der Waals surface area contributed by atoms with Gasteiger partial charge in [-0.15, -0.1) is 0 Å². The van der Waals surface area contributed by atoms with Gasteiger partial charge in [-0.25, -0.2) is 5.01 Å². The molecule has 0 unspecified atom stereocenters. The van der Waals surface area contributed by atoms with Gasteiger partial charge in [0.2, 0.25) is 0 Å². The number of hydrazine groups is 1. The molecule has 1 aromatic rings. The van der Waals surface area contributed by atoms with E-state index in [2.05, 4.69) is 5.43 Å². The predicted octanol–water partition coefficient (Wildman–Crippen LogP) is 1.80. The van der Waals surface area contributed by atoms with Gasteiger partial charge < -0.3 is 10.5 Å². The lowest BCUT2D eigenvalue weighted by Gasteiger charge is -2.26. The molecular formula is C14H21N3O2. The highest BCUT2D eigenvalue weighted by atomic mass is 16.5. The summed E-state index contributed by atoms with van der Waals surface area (Å²) in [6.45, 7) is 4.27. The summed E-state index contributed by atoms with van der Waals surface area (Å²) in [6.07, 6.45) is 3.49. The number of nitrogens with one attached hydrogen (secondary N) is 1. The standard InChI is InChI=1S/C14H21N3O2/c1-2-19-13-9-11(8-12(15)10-13)14(18)16-17-6-4-3-5-7-17/h8-10H,2-7,15H2,1H3,(H,16,18). The number of amides is 1. The van der Waals surface area contributed by atoms with Crippen molar-refractivity contribution in [2.45, 2.75) is 26.2 Å². The number of nitrogens with two attached hydrogens (primary N) is 1. The highest BCUT2D eigenvalue weighted by molar-refractivity contribution is 5.95. The van der Waals surface area contributed by atoms with E-state index >= 15 is 0 Å². The lowest BCUT2D eigenvalue weighted by molar-refractivity contribution is 0.0749. The molecule has 1 aliphatic rings. The van der Waals surface area contributed by atoms with Crippen LogP contribution < -0.4 is 15.9 Å². The number of piperidine rings is 1. The quantitative estimate of drug-likeness (QED) is 0.813. The number of hydrogen-bond acceptors (Lipinski definition) is 4. The van der Waals surface area contributed by atoms with Crippen molar-refractivity contribution in [3.8, 4) is 5.75 Å². The van der Waals surface area contributed by atoms with Crippen LogP contribution in [0.3, 0.4) is 0 Å². The van der Waals surface area contributed by atoms with Crippen molar-refractivity contribution in [3.05, 3.63) is 23.8 Å². The Morgan fingerprint density at radius 1 is 1.32 bits per heavy atom. The number of nitrogen functional groups attached to an aromatic ring is 1. The molecule has 1 aromatic carbocycles.